The highest BCUT2D eigenvalue weighted by Gasteiger charge is 2.10. The predicted octanol–water partition coefficient (Wildman–Crippen LogP) is 5.42. The van der Waals surface area contributed by atoms with Gasteiger partial charge < -0.3 is 15.4 Å². The van der Waals surface area contributed by atoms with E-state index in [1.165, 1.54) is 13.0 Å². The van der Waals surface area contributed by atoms with Gasteiger partial charge >= 0.3 is 0 Å². The Bertz CT molecular complexity index is 1160. The molecule has 0 aliphatic rings. The van der Waals surface area contributed by atoms with Crippen molar-refractivity contribution in [2.75, 3.05) is 10.6 Å². The van der Waals surface area contributed by atoms with Gasteiger partial charge in [0.05, 0.1) is 0 Å². The minimum Gasteiger partial charge on any atom is -0.489 e. The second kappa shape index (κ2) is 10.8. The maximum Gasteiger partial charge on any atom is 0.266 e. The van der Waals surface area contributed by atoms with Crippen molar-refractivity contribution < 1.29 is 14.3 Å². The molecule has 0 fully saturated rings. The minimum absolute atomic E-state index is 0.0363. The van der Waals surface area contributed by atoms with Crippen LogP contribution < -0.4 is 15.4 Å². The van der Waals surface area contributed by atoms with Gasteiger partial charge in [-0.05, 0) is 65.7 Å². The molecule has 7 heteroatoms. The monoisotopic (exact) mass is 445 g/mol. The molecule has 2 amide bonds. The Labute approximate surface area is 191 Å². The van der Waals surface area contributed by atoms with Crippen LogP contribution in [0.3, 0.4) is 0 Å². The number of carbonyl (C=O) groups is 2. The molecule has 3 aromatic carbocycles. The molecule has 0 aromatic heterocycles. The van der Waals surface area contributed by atoms with E-state index < -0.39 is 5.91 Å². The Balaban J connectivity index is 1.61. The summed E-state index contributed by atoms with van der Waals surface area (Å²) in [5.74, 6) is -0.0416. The number of hydrogen-bond donors (Lipinski definition) is 2. The highest BCUT2D eigenvalue weighted by atomic mass is 35.5. The van der Waals surface area contributed by atoms with Crippen molar-refractivity contribution in [3.05, 3.63) is 94.5 Å². The SMILES string of the molecule is CC(=O)Nc1ccc(NC(=O)C(C#N)=Cc2ccc(OCc3ccc(Cl)cc3)cc2)cc1. The fraction of sp³-hybridized carbons (Fsp3) is 0.0800. The van der Waals surface area contributed by atoms with E-state index in [-0.39, 0.29) is 11.5 Å². The first-order valence-corrected chi connectivity index (χ1v) is 10.1. The molecule has 0 heterocycles. The Kier molecular flexibility index (Phi) is 7.63. The van der Waals surface area contributed by atoms with Crippen molar-refractivity contribution in [1.29, 1.82) is 5.26 Å². The fourth-order valence-corrected chi connectivity index (χ4v) is 2.89. The van der Waals surface area contributed by atoms with Crippen LogP contribution in [0.2, 0.25) is 5.02 Å². The molecule has 0 saturated carbocycles. The number of anilines is 2. The zero-order chi connectivity index (χ0) is 22.9. The van der Waals surface area contributed by atoms with E-state index in [1.807, 2.05) is 18.2 Å². The van der Waals surface area contributed by atoms with E-state index in [2.05, 4.69) is 10.6 Å². The zero-order valence-electron chi connectivity index (χ0n) is 17.3. The Morgan fingerprint density at radius 2 is 1.53 bits per heavy atom. The van der Waals surface area contributed by atoms with Crippen molar-refractivity contribution in [3.63, 3.8) is 0 Å². The van der Waals surface area contributed by atoms with Gasteiger partial charge in [-0.3, -0.25) is 9.59 Å². The molecule has 0 radical (unpaired) electrons. The number of nitriles is 1. The Morgan fingerprint density at radius 3 is 2.09 bits per heavy atom. The standard InChI is InChI=1S/C25H20ClN3O3/c1-17(30)28-22-8-10-23(11-9-22)29-25(31)20(15-27)14-18-4-12-24(13-5-18)32-16-19-2-6-21(26)7-3-19/h2-14H,16H2,1H3,(H,28,30)(H,29,31). The Hall–Kier alpha value is -4.08. The third-order valence-electron chi connectivity index (χ3n) is 4.34. The van der Waals surface area contributed by atoms with Crippen LogP contribution in [0, 0.1) is 11.3 Å². The van der Waals surface area contributed by atoms with Crippen LogP contribution in [-0.2, 0) is 16.2 Å². The molecule has 0 saturated heterocycles. The lowest BCUT2D eigenvalue weighted by Gasteiger charge is -2.08. The third-order valence-corrected chi connectivity index (χ3v) is 4.59. The van der Waals surface area contributed by atoms with Crippen LogP contribution in [0.1, 0.15) is 18.1 Å². The van der Waals surface area contributed by atoms with Crippen LogP contribution >= 0.6 is 11.6 Å². The second-order valence-electron chi connectivity index (χ2n) is 6.87. The molecule has 0 aliphatic carbocycles. The molecular weight excluding hydrogens is 426 g/mol. The molecule has 160 valence electrons. The van der Waals surface area contributed by atoms with Gasteiger partial charge in [0.1, 0.15) is 24.0 Å². The smallest absolute Gasteiger partial charge is 0.266 e. The molecule has 0 bridgehead atoms. The molecule has 2 N–H and O–H groups in total. The summed E-state index contributed by atoms with van der Waals surface area (Å²) in [6, 6.07) is 23.0. The lowest BCUT2D eigenvalue weighted by molar-refractivity contribution is -0.114. The first-order valence-electron chi connectivity index (χ1n) is 9.71. The number of rotatable bonds is 7. The van der Waals surface area contributed by atoms with E-state index >= 15 is 0 Å². The summed E-state index contributed by atoms with van der Waals surface area (Å²) >= 11 is 5.88. The van der Waals surface area contributed by atoms with E-state index in [4.69, 9.17) is 16.3 Å². The Morgan fingerprint density at radius 1 is 0.938 bits per heavy atom. The van der Waals surface area contributed by atoms with Crippen LogP contribution in [0.15, 0.2) is 78.4 Å². The summed E-state index contributed by atoms with van der Waals surface area (Å²) in [6.45, 7) is 1.82. The molecule has 3 aromatic rings. The molecule has 3 rings (SSSR count). The average molecular weight is 446 g/mol. The van der Waals surface area contributed by atoms with Gasteiger partial charge in [-0.1, -0.05) is 35.9 Å². The molecule has 0 spiro atoms. The minimum atomic E-state index is -0.525. The summed E-state index contributed by atoms with van der Waals surface area (Å²) in [6.07, 6.45) is 1.50. The van der Waals surface area contributed by atoms with E-state index in [9.17, 15) is 14.9 Å². The van der Waals surface area contributed by atoms with Gasteiger partial charge in [0, 0.05) is 23.3 Å². The highest BCUT2D eigenvalue weighted by Crippen LogP contribution is 2.18. The molecule has 0 atom stereocenters. The van der Waals surface area contributed by atoms with Gasteiger partial charge in [0.15, 0.2) is 0 Å². The number of hydrogen-bond acceptors (Lipinski definition) is 4. The van der Waals surface area contributed by atoms with Crippen LogP contribution in [0.25, 0.3) is 6.08 Å². The second-order valence-corrected chi connectivity index (χ2v) is 7.30. The number of halogens is 1. The average Bonchev–Trinajstić information content (AvgIpc) is 2.79. The number of nitrogens with one attached hydrogen (secondary N) is 2. The summed E-state index contributed by atoms with van der Waals surface area (Å²) in [4.78, 5) is 23.5. The summed E-state index contributed by atoms with van der Waals surface area (Å²) in [7, 11) is 0. The summed E-state index contributed by atoms with van der Waals surface area (Å²) < 4.78 is 5.74. The molecule has 0 unspecified atom stereocenters. The maximum atomic E-state index is 12.5. The molecule has 0 aliphatic heterocycles. The largest absolute Gasteiger partial charge is 0.489 e. The van der Waals surface area contributed by atoms with Gasteiger partial charge in [-0.15, -0.1) is 0 Å². The zero-order valence-corrected chi connectivity index (χ0v) is 18.0. The van der Waals surface area contributed by atoms with Gasteiger partial charge in [-0.25, -0.2) is 0 Å². The van der Waals surface area contributed by atoms with Gasteiger partial charge in [0.2, 0.25) is 5.91 Å². The van der Waals surface area contributed by atoms with Gasteiger partial charge in [-0.2, -0.15) is 5.26 Å². The van der Waals surface area contributed by atoms with Crippen LogP contribution in [0.4, 0.5) is 11.4 Å². The van der Waals surface area contributed by atoms with E-state index in [1.54, 1.807) is 60.7 Å². The maximum absolute atomic E-state index is 12.5. The number of carbonyl (C=O) groups excluding carboxylic acids is 2. The number of ether oxygens (including phenoxy) is 1. The lowest BCUT2D eigenvalue weighted by Crippen LogP contribution is -2.13. The van der Waals surface area contributed by atoms with Crippen molar-refractivity contribution in [2.45, 2.75) is 13.5 Å². The van der Waals surface area contributed by atoms with Crippen molar-refractivity contribution in [3.8, 4) is 11.8 Å². The highest BCUT2D eigenvalue weighted by molar-refractivity contribution is 6.30. The van der Waals surface area contributed by atoms with E-state index in [0.29, 0.717) is 34.3 Å². The topological polar surface area (TPSA) is 91.2 Å². The number of nitrogens with zero attached hydrogens (tertiary/aromatic N) is 1. The van der Waals surface area contributed by atoms with Crippen LogP contribution in [0.5, 0.6) is 5.75 Å². The first kappa shape index (κ1) is 22.6. The quantitative estimate of drug-likeness (QED) is 0.375. The lowest BCUT2D eigenvalue weighted by atomic mass is 10.1. The molecule has 6 nitrogen and oxygen atoms in total. The summed E-state index contributed by atoms with van der Waals surface area (Å²) in [5.41, 5.74) is 2.77. The van der Waals surface area contributed by atoms with Crippen LogP contribution in [-0.4, -0.2) is 11.8 Å². The number of amides is 2. The fourth-order valence-electron chi connectivity index (χ4n) is 2.76. The van der Waals surface area contributed by atoms with Crippen molar-refractivity contribution in [1.82, 2.24) is 0 Å². The van der Waals surface area contributed by atoms with E-state index in [0.717, 1.165) is 5.56 Å². The van der Waals surface area contributed by atoms with Crippen molar-refractivity contribution in [2.24, 2.45) is 0 Å². The van der Waals surface area contributed by atoms with Crippen molar-refractivity contribution >= 4 is 40.9 Å². The molecule has 32 heavy (non-hydrogen) atoms. The normalized spacial score (nSPS) is 10.7. The number of benzene rings is 3. The first-order chi connectivity index (χ1) is 15.4. The molecular formula is C25H20ClN3O3. The summed E-state index contributed by atoms with van der Waals surface area (Å²) in [5, 5.41) is 15.4. The van der Waals surface area contributed by atoms with Gasteiger partial charge in [0.25, 0.3) is 5.91 Å². The third kappa shape index (κ3) is 6.73. The predicted molar refractivity (Wildman–Crippen MR) is 125 cm³/mol.